The highest BCUT2D eigenvalue weighted by Crippen LogP contribution is 2.34. The third-order valence-corrected chi connectivity index (χ3v) is 4.76. The SMILES string of the molecule is O=C(NCc1ccc(Oc2cccc(Cl)c2Cl)cc1)C1CC(O)CN1. The van der Waals surface area contributed by atoms with Crippen LogP contribution >= 0.6 is 23.2 Å². The number of hydrogen-bond acceptors (Lipinski definition) is 4. The number of benzene rings is 2. The molecule has 0 radical (unpaired) electrons. The van der Waals surface area contributed by atoms with Gasteiger partial charge in [0.15, 0.2) is 0 Å². The van der Waals surface area contributed by atoms with Gasteiger partial charge < -0.3 is 20.5 Å². The quantitative estimate of drug-likeness (QED) is 0.745. The lowest BCUT2D eigenvalue weighted by Crippen LogP contribution is -2.39. The molecule has 2 atom stereocenters. The van der Waals surface area contributed by atoms with E-state index < -0.39 is 6.10 Å². The summed E-state index contributed by atoms with van der Waals surface area (Å²) in [6, 6.07) is 12.2. The van der Waals surface area contributed by atoms with Crippen molar-refractivity contribution in [3.63, 3.8) is 0 Å². The summed E-state index contributed by atoms with van der Waals surface area (Å²) in [6.45, 7) is 0.863. The van der Waals surface area contributed by atoms with Crippen LogP contribution in [0.15, 0.2) is 42.5 Å². The van der Waals surface area contributed by atoms with Gasteiger partial charge in [0, 0.05) is 13.1 Å². The molecule has 1 saturated heterocycles. The summed E-state index contributed by atoms with van der Waals surface area (Å²) in [5.74, 6) is 1.00. The predicted molar refractivity (Wildman–Crippen MR) is 97.2 cm³/mol. The highest BCUT2D eigenvalue weighted by molar-refractivity contribution is 6.42. The molecular formula is C18H18Cl2N2O3. The van der Waals surface area contributed by atoms with Gasteiger partial charge in [0.25, 0.3) is 0 Å². The first kappa shape index (κ1) is 18.0. The second-order valence-electron chi connectivity index (χ2n) is 5.87. The van der Waals surface area contributed by atoms with Crippen LogP contribution in [0.1, 0.15) is 12.0 Å². The number of ether oxygens (including phenoxy) is 1. The van der Waals surface area contributed by atoms with Crippen molar-refractivity contribution in [3.8, 4) is 11.5 Å². The van der Waals surface area contributed by atoms with Crippen molar-refractivity contribution < 1.29 is 14.6 Å². The first-order valence-corrected chi connectivity index (χ1v) is 8.68. The average Bonchev–Trinajstić information content (AvgIpc) is 3.04. The Morgan fingerprint density at radius 1 is 1.24 bits per heavy atom. The van der Waals surface area contributed by atoms with E-state index in [1.54, 1.807) is 30.3 Å². The number of β-amino-alcohol motifs (C(OH)–C–C–N with tert-alkyl or cyclic N) is 1. The lowest BCUT2D eigenvalue weighted by atomic mass is 10.1. The summed E-state index contributed by atoms with van der Waals surface area (Å²) in [5.41, 5.74) is 0.941. The smallest absolute Gasteiger partial charge is 0.237 e. The van der Waals surface area contributed by atoms with Gasteiger partial charge in [0.2, 0.25) is 5.91 Å². The van der Waals surface area contributed by atoms with Gasteiger partial charge in [0.05, 0.1) is 17.2 Å². The number of amides is 1. The highest BCUT2D eigenvalue weighted by atomic mass is 35.5. The van der Waals surface area contributed by atoms with E-state index in [1.165, 1.54) is 0 Å². The molecule has 3 N–H and O–H groups in total. The summed E-state index contributed by atoms with van der Waals surface area (Å²) in [6.07, 6.45) is -0.00979. The van der Waals surface area contributed by atoms with Crippen LogP contribution in [0.3, 0.4) is 0 Å². The molecule has 0 spiro atoms. The first-order chi connectivity index (χ1) is 12.0. The molecule has 0 aliphatic carbocycles. The van der Waals surface area contributed by atoms with Crippen LogP contribution in [0.5, 0.6) is 11.5 Å². The Balaban J connectivity index is 1.55. The molecule has 25 heavy (non-hydrogen) atoms. The van der Waals surface area contributed by atoms with E-state index in [1.807, 2.05) is 12.1 Å². The van der Waals surface area contributed by atoms with Crippen LogP contribution in [0.2, 0.25) is 10.0 Å². The van der Waals surface area contributed by atoms with Gasteiger partial charge in [-0.3, -0.25) is 4.79 Å². The van der Waals surface area contributed by atoms with Crippen LogP contribution in [0, 0.1) is 0 Å². The predicted octanol–water partition coefficient (Wildman–Crippen LogP) is 3.12. The number of nitrogens with one attached hydrogen (secondary N) is 2. The van der Waals surface area contributed by atoms with E-state index in [-0.39, 0.29) is 11.9 Å². The molecule has 0 saturated carbocycles. The summed E-state index contributed by atoms with van der Waals surface area (Å²) in [7, 11) is 0. The molecular weight excluding hydrogens is 363 g/mol. The summed E-state index contributed by atoms with van der Waals surface area (Å²) < 4.78 is 5.72. The number of hydrogen-bond donors (Lipinski definition) is 3. The lowest BCUT2D eigenvalue weighted by Gasteiger charge is -2.12. The number of aliphatic hydroxyl groups is 1. The maximum atomic E-state index is 12.0. The topological polar surface area (TPSA) is 70.6 Å². The normalized spacial score (nSPS) is 19.6. The molecule has 1 aliphatic heterocycles. The van der Waals surface area contributed by atoms with Gasteiger partial charge in [-0.15, -0.1) is 0 Å². The van der Waals surface area contributed by atoms with Crippen molar-refractivity contribution in [2.45, 2.75) is 25.1 Å². The Morgan fingerprint density at radius 2 is 2.00 bits per heavy atom. The fourth-order valence-electron chi connectivity index (χ4n) is 2.59. The maximum absolute atomic E-state index is 12.0. The summed E-state index contributed by atoms with van der Waals surface area (Å²) in [5, 5.41) is 16.1. The molecule has 0 aromatic heterocycles. The average molecular weight is 381 g/mol. The van der Waals surface area contributed by atoms with Crippen molar-refractivity contribution in [3.05, 3.63) is 58.1 Å². The second-order valence-corrected chi connectivity index (χ2v) is 6.65. The second kappa shape index (κ2) is 8.06. The fraction of sp³-hybridized carbons (Fsp3) is 0.278. The van der Waals surface area contributed by atoms with E-state index in [4.69, 9.17) is 27.9 Å². The van der Waals surface area contributed by atoms with Crippen molar-refractivity contribution in [2.75, 3.05) is 6.54 Å². The lowest BCUT2D eigenvalue weighted by molar-refractivity contribution is -0.123. The fourth-order valence-corrected chi connectivity index (χ4v) is 2.92. The number of rotatable bonds is 5. The van der Waals surface area contributed by atoms with E-state index in [0.717, 1.165) is 5.56 Å². The monoisotopic (exact) mass is 380 g/mol. The molecule has 1 heterocycles. The Hall–Kier alpha value is -1.79. The standard InChI is InChI=1S/C18H18Cl2N2O3/c19-14-2-1-3-16(17(14)20)25-13-6-4-11(5-7-13)9-22-18(24)15-8-12(23)10-21-15/h1-7,12,15,21,23H,8-10H2,(H,22,24). The summed E-state index contributed by atoms with van der Waals surface area (Å²) >= 11 is 12.1. The largest absolute Gasteiger partial charge is 0.456 e. The minimum Gasteiger partial charge on any atom is -0.456 e. The van der Waals surface area contributed by atoms with Gasteiger partial charge >= 0.3 is 0 Å². The van der Waals surface area contributed by atoms with Crippen molar-refractivity contribution in [1.29, 1.82) is 0 Å². The molecule has 7 heteroatoms. The highest BCUT2D eigenvalue weighted by Gasteiger charge is 2.27. The third kappa shape index (κ3) is 4.64. The minimum atomic E-state index is -0.453. The van der Waals surface area contributed by atoms with E-state index in [0.29, 0.717) is 41.1 Å². The van der Waals surface area contributed by atoms with Crippen LogP contribution in [0.25, 0.3) is 0 Å². The van der Waals surface area contributed by atoms with Crippen LogP contribution < -0.4 is 15.4 Å². The van der Waals surface area contributed by atoms with Crippen molar-refractivity contribution in [1.82, 2.24) is 10.6 Å². The van der Waals surface area contributed by atoms with Crippen LogP contribution in [-0.4, -0.2) is 29.7 Å². The van der Waals surface area contributed by atoms with Crippen LogP contribution in [0.4, 0.5) is 0 Å². The zero-order valence-corrected chi connectivity index (χ0v) is 14.8. The molecule has 2 aromatic rings. The maximum Gasteiger partial charge on any atom is 0.237 e. The van der Waals surface area contributed by atoms with E-state index >= 15 is 0 Å². The van der Waals surface area contributed by atoms with Crippen molar-refractivity contribution in [2.24, 2.45) is 0 Å². The minimum absolute atomic E-state index is 0.109. The van der Waals surface area contributed by atoms with E-state index in [9.17, 15) is 9.90 Å². The zero-order valence-electron chi connectivity index (χ0n) is 13.3. The molecule has 3 rings (SSSR count). The van der Waals surface area contributed by atoms with Gasteiger partial charge in [-0.2, -0.15) is 0 Å². The summed E-state index contributed by atoms with van der Waals surface area (Å²) in [4.78, 5) is 12.0. The first-order valence-electron chi connectivity index (χ1n) is 7.93. The molecule has 1 amide bonds. The van der Waals surface area contributed by atoms with Crippen LogP contribution in [-0.2, 0) is 11.3 Å². The number of aliphatic hydroxyl groups excluding tert-OH is 1. The Kier molecular flexibility index (Phi) is 5.81. The molecule has 132 valence electrons. The molecule has 2 unspecified atom stereocenters. The number of carbonyl (C=O) groups is 1. The van der Waals surface area contributed by atoms with Gasteiger partial charge in [-0.25, -0.2) is 0 Å². The van der Waals surface area contributed by atoms with Gasteiger partial charge in [0.1, 0.15) is 16.5 Å². The molecule has 2 aromatic carbocycles. The van der Waals surface area contributed by atoms with Crippen molar-refractivity contribution >= 4 is 29.1 Å². The molecule has 0 bridgehead atoms. The van der Waals surface area contributed by atoms with Gasteiger partial charge in [-0.1, -0.05) is 41.4 Å². The zero-order chi connectivity index (χ0) is 17.8. The number of halogens is 2. The molecule has 1 fully saturated rings. The molecule has 5 nitrogen and oxygen atoms in total. The molecule has 1 aliphatic rings. The Bertz CT molecular complexity index is 752. The number of carbonyl (C=O) groups excluding carboxylic acids is 1. The Morgan fingerprint density at radius 3 is 2.68 bits per heavy atom. The Labute approximate surface area is 155 Å². The van der Waals surface area contributed by atoms with Gasteiger partial charge in [-0.05, 0) is 36.2 Å². The third-order valence-electron chi connectivity index (χ3n) is 3.96. The van der Waals surface area contributed by atoms with E-state index in [2.05, 4.69) is 10.6 Å².